The number of hydrogen-bond donors (Lipinski definition) is 2. The molecule has 5 heteroatoms. The van der Waals surface area contributed by atoms with E-state index in [-0.39, 0.29) is 56.7 Å². The third-order valence-electron chi connectivity index (χ3n) is 1.09. The van der Waals surface area contributed by atoms with Gasteiger partial charge in [-0.2, -0.15) is 0 Å². The summed E-state index contributed by atoms with van der Waals surface area (Å²) in [6, 6.07) is 7.70. The van der Waals surface area contributed by atoms with Gasteiger partial charge in [0.2, 0.25) is 0 Å². The average Bonchev–Trinajstić information content (AvgIpc) is 1.88. The first-order chi connectivity index (χ1) is 4.61. The van der Waals surface area contributed by atoms with Crippen molar-refractivity contribution in [1.29, 1.82) is 0 Å². The Bertz CT molecular complexity index is 256. The number of benzene rings is 1. The zero-order valence-corrected chi connectivity index (χ0v) is 10.2. The van der Waals surface area contributed by atoms with Crippen LogP contribution in [-0.2, 0) is 4.57 Å². The second-order valence-electron chi connectivity index (χ2n) is 1.88. The zero-order valence-electron chi connectivity index (χ0n) is 6.14. The molecule has 0 aliphatic carbocycles. The summed E-state index contributed by atoms with van der Waals surface area (Å²) >= 11 is 0. The standard InChI is InChI=1S/C6H7O3P.K/c7-10(8,9)6-4-2-1-3-5-6;/h1-5H,(H2,7,8,9);. The quantitative estimate of drug-likeness (QED) is 0.496. The van der Waals surface area contributed by atoms with Crippen molar-refractivity contribution < 1.29 is 14.4 Å². The minimum atomic E-state index is -4.02. The molecule has 3 nitrogen and oxygen atoms in total. The Kier molecular flexibility index (Phi) is 5.34. The minimum Gasteiger partial charge on any atom is -0.321 e. The SMILES string of the molecule is O=P(O)(O)c1ccccc1.[K]. The summed E-state index contributed by atoms with van der Waals surface area (Å²) in [6.07, 6.45) is 0. The van der Waals surface area contributed by atoms with Crippen molar-refractivity contribution in [1.82, 2.24) is 0 Å². The van der Waals surface area contributed by atoms with Gasteiger partial charge in [-0.05, 0) is 12.1 Å². The average molecular weight is 197 g/mol. The largest absolute Gasteiger partial charge is 0.356 e. The van der Waals surface area contributed by atoms with Gasteiger partial charge >= 0.3 is 7.60 Å². The maximum absolute atomic E-state index is 10.5. The molecule has 0 unspecified atom stereocenters. The Hall–Kier alpha value is 1.01. The normalized spacial score (nSPS) is 10.4. The van der Waals surface area contributed by atoms with E-state index >= 15 is 0 Å². The van der Waals surface area contributed by atoms with Crippen LogP contribution in [0.3, 0.4) is 0 Å². The van der Waals surface area contributed by atoms with Crippen LogP contribution in [0.5, 0.6) is 0 Å². The molecule has 0 atom stereocenters. The van der Waals surface area contributed by atoms with E-state index in [0.29, 0.717) is 0 Å². The van der Waals surface area contributed by atoms with Crippen molar-refractivity contribution in [3.8, 4) is 0 Å². The molecule has 0 saturated carbocycles. The summed E-state index contributed by atoms with van der Waals surface area (Å²) in [7, 11) is -4.02. The predicted octanol–water partition coefficient (Wildman–Crippen LogP) is 0.109. The molecular weight excluding hydrogens is 190 g/mol. The molecular formula is C6H7KO3P. The molecule has 0 aromatic heterocycles. The molecule has 1 aromatic carbocycles. The Balaban J connectivity index is 0.000001000. The topological polar surface area (TPSA) is 57.5 Å². The van der Waals surface area contributed by atoms with Crippen molar-refractivity contribution >= 4 is 64.3 Å². The fourth-order valence-electron chi connectivity index (χ4n) is 0.622. The Morgan fingerprint density at radius 3 is 1.82 bits per heavy atom. The van der Waals surface area contributed by atoms with Crippen molar-refractivity contribution in [2.75, 3.05) is 0 Å². The number of rotatable bonds is 1. The van der Waals surface area contributed by atoms with Crippen LogP contribution in [0.2, 0.25) is 0 Å². The maximum atomic E-state index is 10.5. The van der Waals surface area contributed by atoms with Crippen LogP contribution in [-0.4, -0.2) is 61.2 Å². The van der Waals surface area contributed by atoms with E-state index in [4.69, 9.17) is 9.79 Å². The van der Waals surface area contributed by atoms with Gasteiger partial charge in [-0.3, -0.25) is 4.57 Å². The van der Waals surface area contributed by atoms with Gasteiger partial charge in [-0.15, -0.1) is 0 Å². The summed E-state index contributed by atoms with van der Waals surface area (Å²) in [4.78, 5) is 17.2. The summed E-state index contributed by atoms with van der Waals surface area (Å²) < 4.78 is 10.5. The van der Waals surface area contributed by atoms with E-state index in [9.17, 15) is 4.57 Å². The second kappa shape index (κ2) is 4.89. The molecule has 0 bridgehead atoms. The Labute approximate surface area is 107 Å². The van der Waals surface area contributed by atoms with Crippen molar-refractivity contribution in [2.45, 2.75) is 0 Å². The molecule has 2 N–H and O–H groups in total. The summed E-state index contributed by atoms with van der Waals surface area (Å²) in [5, 5.41) is 0.0648. The monoisotopic (exact) mass is 197 g/mol. The molecule has 55 valence electrons. The second-order valence-corrected chi connectivity index (χ2v) is 3.48. The third kappa shape index (κ3) is 3.96. The van der Waals surface area contributed by atoms with Gasteiger partial charge in [0, 0.05) is 51.4 Å². The van der Waals surface area contributed by atoms with Crippen molar-refractivity contribution in [2.24, 2.45) is 0 Å². The zero-order chi connectivity index (χ0) is 7.61. The molecule has 1 rings (SSSR count). The molecule has 0 spiro atoms. The molecule has 0 heterocycles. The fourth-order valence-corrected chi connectivity index (χ4v) is 1.18. The van der Waals surface area contributed by atoms with E-state index in [0.717, 1.165) is 0 Å². The predicted molar refractivity (Wildman–Crippen MR) is 43.9 cm³/mol. The van der Waals surface area contributed by atoms with Gasteiger partial charge in [0.05, 0.1) is 5.30 Å². The van der Waals surface area contributed by atoms with E-state index in [1.807, 2.05) is 0 Å². The van der Waals surface area contributed by atoms with Crippen LogP contribution in [0.15, 0.2) is 30.3 Å². The number of hydrogen-bond acceptors (Lipinski definition) is 1. The first kappa shape index (κ1) is 12.0. The first-order valence-corrected chi connectivity index (χ1v) is 4.33. The van der Waals surface area contributed by atoms with Gasteiger partial charge in [0.1, 0.15) is 0 Å². The molecule has 0 aliphatic rings. The minimum absolute atomic E-state index is 0. The Morgan fingerprint density at radius 2 is 1.55 bits per heavy atom. The van der Waals surface area contributed by atoms with E-state index in [1.54, 1.807) is 18.2 Å². The molecule has 0 amide bonds. The van der Waals surface area contributed by atoms with Gasteiger partial charge in [0.25, 0.3) is 0 Å². The van der Waals surface area contributed by atoms with E-state index in [2.05, 4.69) is 0 Å². The Morgan fingerprint density at radius 1 is 1.09 bits per heavy atom. The van der Waals surface area contributed by atoms with Crippen LogP contribution in [0.1, 0.15) is 0 Å². The third-order valence-corrected chi connectivity index (χ3v) is 2.06. The van der Waals surface area contributed by atoms with Crippen LogP contribution in [0.25, 0.3) is 0 Å². The van der Waals surface area contributed by atoms with Crippen LogP contribution < -0.4 is 5.30 Å². The molecule has 1 aromatic rings. The van der Waals surface area contributed by atoms with Crippen LogP contribution in [0.4, 0.5) is 0 Å². The molecule has 0 saturated heterocycles. The van der Waals surface area contributed by atoms with Crippen molar-refractivity contribution in [3.05, 3.63) is 30.3 Å². The summed E-state index contributed by atoms with van der Waals surface area (Å²) in [5.41, 5.74) is 0. The smallest absolute Gasteiger partial charge is 0.321 e. The van der Waals surface area contributed by atoms with Crippen LogP contribution in [0, 0.1) is 0 Å². The van der Waals surface area contributed by atoms with Gasteiger partial charge in [-0.25, -0.2) is 0 Å². The summed E-state index contributed by atoms with van der Waals surface area (Å²) in [5.74, 6) is 0. The maximum Gasteiger partial charge on any atom is 0.356 e. The van der Waals surface area contributed by atoms with Gasteiger partial charge in [0.15, 0.2) is 0 Å². The molecule has 0 aliphatic heterocycles. The molecule has 1 radical (unpaired) electrons. The van der Waals surface area contributed by atoms with E-state index in [1.165, 1.54) is 12.1 Å². The molecule has 0 fully saturated rings. The molecule has 11 heavy (non-hydrogen) atoms. The summed E-state index contributed by atoms with van der Waals surface area (Å²) in [6.45, 7) is 0. The van der Waals surface area contributed by atoms with Gasteiger partial charge < -0.3 is 9.79 Å². The first-order valence-electron chi connectivity index (χ1n) is 2.72. The van der Waals surface area contributed by atoms with Crippen LogP contribution >= 0.6 is 7.60 Å². The van der Waals surface area contributed by atoms with Crippen molar-refractivity contribution in [3.63, 3.8) is 0 Å². The van der Waals surface area contributed by atoms with E-state index < -0.39 is 7.60 Å². The fraction of sp³-hybridized carbons (Fsp3) is 0. The van der Waals surface area contributed by atoms with Gasteiger partial charge in [-0.1, -0.05) is 18.2 Å².